The summed E-state index contributed by atoms with van der Waals surface area (Å²) in [5, 5.41) is 0. The fraction of sp³-hybridized carbons (Fsp3) is 0.571. The van der Waals surface area contributed by atoms with Crippen LogP contribution in [-0.4, -0.2) is 0 Å². The van der Waals surface area contributed by atoms with Crippen LogP contribution in [0.3, 0.4) is 0 Å². The Labute approximate surface area is 101 Å². The lowest BCUT2D eigenvalue weighted by Gasteiger charge is -2.14. The summed E-state index contributed by atoms with van der Waals surface area (Å²) in [4.78, 5) is 0.560. The van der Waals surface area contributed by atoms with E-state index in [1.54, 1.807) is 5.56 Å². The van der Waals surface area contributed by atoms with E-state index in [2.05, 4.69) is 48.8 Å². The molecule has 0 heterocycles. The van der Waals surface area contributed by atoms with E-state index in [-0.39, 0.29) is 0 Å². The van der Waals surface area contributed by atoms with Crippen LogP contribution in [0.1, 0.15) is 46.8 Å². The normalized spacial score (nSPS) is 25.9. The van der Waals surface area contributed by atoms with Crippen molar-refractivity contribution in [1.82, 2.24) is 0 Å². The average molecular weight is 267 g/mol. The topological polar surface area (TPSA) is 0 Å². The third-order valence-corrected chi connectivity index (χ3v) is 4.48. The molecule has 0 spiro atoms. The van der Waals surface area contributed by atoms with Crippen LogP contribution in [0.2, 0.25) is 0 Å². The molecule has 1 aromatic carbocycles. The molecule has 1 aromatic rings. The van der Waals surface area contributed by atoms with Crippen LogP contribution < -0.4 is 0 Å². The zero-order valence-corrected chi connectivity index (χ0v) is 11.4. The van der Waals surface area contributed by atoms with Crippen molar-refractivity contribution >= 4 is 15.9 Å². The standard InChI is InChI=1S/C14H19Br/c1-9-4-5-12-7-10(2)11(3)8-13(12)14(15)6-9/h7-9,14H,4-6H2,1-3H3. The van der Waals surface area contributed by atoms with Crippen molar-refractivity contribution in [3.05, 3.63) is 34.4 Å². The molecule has 2 atom stereocenters. The zero-order valence-electron chi connectivity index (χ0n) is 9.81. The van der Waals surface area contributed by atoms with Gasteiger partial charge in [-0.05, 0) is 61.3 Å². The number of rotatable bonds is 0. The molecule has 1 heteroatoms. The Morgan fingerprint density at radius 2 is 1.87 bits per heavy atom. The van der Waals surface area contributed by atoms with Gasteiger partial charge >= 0.3 is 0 Å². The van der Waals surface area contributed by atoms with E-state index in [0.29, 0.717) is 4.83 Å². The van der Waals surface area contributed by atoms with Crippen molar-refractivity contribution in [2.24, 2.45) is 5.92 Å². The monoisotopic (exact) mass is 266 g/mol. The number of benzene rings is 1. The molecule has 0 saturated carbocycles. The predicted octanol–water partition coefficient (Wildman–Crippen LogP) is 4.71. The van der Waals surface area contributed by atoms with E-state index in [9.17, 15) is 0 Å². The van der Waals surface area contributed by atoms with Crippen LogP contribution >= 0.6 is 15.9 Å². The molecule has 0 fully saturated rings. The molecular formula is C14H19Br. The minimum absolute atomic E-state index is 0.560. The minimum Gasteiger partial charge on any atom is -0.0839 e. The van der Waals surface area contributed by atoms with Gasteiger partial charge in [0.25, 0.3) is 0 Å². The van der Waals surface area contributed by atoms with Gasteiger partial charge in [0.2, 0.25) is 0 Å². The van der Waals surface area contributed by atoms with Gasteiger partial charge in [0.1, 0.15) is 0 Å². The Morgan fingerprint density at radius 1 is 1.20 bits per heavy atom. The first-order valence-corrected chi connectivity index (χ1v) is 6.73. The molecule has 0 nitrogen and oxygen atoms in total. The number of hydrogen-bond acceptors (Lipinski definition) is 0. The highest BCUT2D eigenvalue weighted by molar-refractivity contribution is 9.09. The number of halogens is 1. The summed E-state index contributed by atoms with van der Waals surface area (Å²) in [5.74, 6) is 0.836. The van der Waals surface area contributed by atoms with Crippen LogP contribution in [-0.2, 0) is 6.42 Å². The van der Waals surface area contributed by atoms with Gasteiger partial charge in [-0.2, -0.15) is 0 Å². The predicted molar refractivity (Wildman–Crippen MR) is 69.7 cm³/mol. The third-order valence-electron chi connectivity index (χ3n) is 3.61. The molecule has 1 aliphatic rings. The fourth-order valence-electron chi connectivity index (χ4n) is 2.41. The molecule has 0 amide bonds. The summed E-state index contributed by atoms with van der Waals surface area (Å²) >= 11 is 3.84. The van der Waals surface area contributed by atoms with Gasteiger partial charge < -0.3 is 0 Å². The SMILES string of the molecule is Cc1cc2c(cc1C)C(Br)CC(C)CC2. The van der Waals surface area contributed by atoms with Gasteiger partial charge in [0, 0.05) is 4.83 Å². The lowest BCUT2D eigenvalue weighted by Crippen LogP contribution is -1.97. The van der Waals surface area contributed by atoms with Gasteiger partial charge in [-0.15, -0.1) is 0 Å². The summed E-state index contributed by atoms with van der Waals surface area (Å²) in [5.41, 5.74) is 5.95. The molecule has 0 radical (unpaired) electrons. The van der Waals surface area contributed by atoms with E-state index in [4.69, 9.17) is 0 Å². The van der Waals surface area contributed by atoms with Gasteiger partial charge in [-0.25, -0.2) is 0 Å². The first kappa shape index (κ1) is 11.2. The Morgan fingerprint density at radius 3 is 2.60 bits per heavy atom. The molecule has 0 bridgehead atoms. The summed E-state index contributed by atoms with van der Waals surface area (Å²) in [6, 6.07) is 4.76. The van der Waals surface area contributed by atoms with E-state index in [1.807, 2.05) is 0 Å². The van der Waals surface area contributed by atoms with Crippen molar-refractivity contribution in [2.45, 2.75) is 44.9 Å². The van der Waals surface area contributed by atoms with Crippen LogP contribution in [0.25, 0.3) is 0 Å². The Hall–Kier alpha value is -0.300. The zero-order chi connectivity index (χ0) is 11.0. The summed E-state index contributed by atoms with van der Waals surface area (Å²) in [6.45, 7) is 6.79. The van der Waals surface area contributed by atoms with Gasteiger partial charge in [0.15, 0.2) is 0 Å². The first-order chi connectivity index (χ1) is 7.08. The number of alkyl halides is 1. The van der Waals surface area contributed by atoms with Crippen LogP contribution in [0, 0.1) is 19.8 Å². The van der Waals surface area contributed by atoms with E-state index in [0.717, 1.165) is 5.92 Å². The van der Waals surface area contributed by atoms with Crippen LogP contribution in [0.4, 0.5) is 0 Å². The Kier molecular flexibility index (Phi) is 3.20. The van der Waals surface area contributed by atoms with Crippen LogP contribution in [0.5, 0.6) is 0 Å². The van der Waals surface area contributed by atoms with Gasteiger partial charge in [-0.3, -0.25) is 0 Å². The molecule has 2 unspecified atom stereocenters. The Bertz CT molecular complexity index is 368. The minimum atomic E-state index is 0.560. The van der Waals surface area contributed by atoms with Crippen molar-refractivity contribution in [3.8, 4) is 0 Å². The second kappa shape index (κ2) is 4.29. The first-order valence-electron chi connectivity index (χ1n) is 5.82. The summed E-state index contributed by atoms with van der Waals surface area (Å²) in [7, 11) is 0. The fourth-order valence-corrected chi connectivity index (χ4v) is 3.47. The van der Waals surface area contributed by atoms with Crippen molar-refractivity contribution in [3.63, 3.8) is 0 Å². The molecular weight excluding hydrogens is 248 g/mol. The van der Waals surface area contributed by atoms with Gasteiger partial charge in [0.05, 0.1) is 0 Å². The Balaban J connectivity index is 2.45. The van der Waals surface area contributed by atoms with Crippen molar-refractivity contribution in [2.75, 3.05) is 0 Å². The highest BCUT2D eigenvalue weighted by Crippen LogP contribution is 2.38. The number of fused-ring (bicyclic) bond motifs is 1. The highest BCUT2D eigenvalue weighted by Gasteiger charge is 2.20. The van der Waals surface area contributed by atoms with Crippen LogP contribution in [0.15, 0.2) is 12.1 Å². The quantitative estimate of drug-likeness (QED) is 0.471. The molecule has 2 rings (SSSR count). The second-order valence-electron chi connectivity index (χ2n) is 4.98. The number of hydrogen-bond donors (Lipinski definition) is 0. The maximum atomic E-state index is 3.84. The molecule has 0 aromatic heterocycles. The molecule has 0 aliphatic heterocycles. The average Bonchev–Trinajstić information content (AvgIpc) is 2.30. The highest BCUT2D eigenvalue weighted by atomic mass is 79.9. The third kappa shape index (κ3) is 2.28. The molecule has 15 heavy (non-hydrogen) atoms. The van der Waals surface area contributed by atoms with Gasteiger partial charge in [-0.1, -0.05) is 35.0 Å². The molecule has 1 aliphatic carbocycles. The maximum Gasteiger partial charge on any atom is 0.0400 e. The van der Waals surface area contributed by atoms with Crippen molar-refractivity contribution < 1.29 is 0 Å². The van der Waals surface area contributed by atoms with E-state index >= 15 is 0 Å². The largest absolute Gasteiger partial charge is 0.0839 e. The smallest absolute Gasteiger partial charge is 0.0400 e. The van der Waals surface area contributed by atoms with E-state index < -0.39 is 0 Å². The molecule has 82 valence electrons. The van der Waals surface area contributed by atoms with E-state index in [1.165, 1.54) is 36.0 Å². The second-order valence-corrected chi connectivity index (χ2v) is 6.09. The number of aryl methyl sites for hydroxylation is 3. The van der Waals surface area contributed by atoms with Crippen molar-refractivity contribution in [1.29, 1.82) is 0 Å². The molecule has 0 N–H and O–H groups in total. The lowest BCUT2D eigenvalue weighted by atomic mass is 9.97. The summed E-state index contributed by atoms with van der Waals surface area (Å²) < 4.78 is 0. The summed E-state index contributed by atoms with van der Waals surface area (Å²) in [6.07, 6.45) is 3.85. The lowest BCUT2D eigenvalue weighted by molar-refractivity contribution is 0.508. The molecule has 0 saturated heterocycles. The maximum absolute atomic E-state index is 3.84.